The lowest BCUT2D eigenvalue weighted by Crippen LogP contribution is -2.05. The fraction of sp³-hybridized carbons (Fsp3) is 0.0667. The molecule has 0 radical (unpaired) electrons. The van der Waals surface area contributed by atoms with Crippen molar-refractivity contribution >= 4 is 48.1 Å². The lowest BCUT2D eigenvalue weighted by molar-refractivity contribution is 0.0601. The van der Waals surface area contributed by atoms with Gasteiger partial charge in [0.05, 0.1) is 17.7 Å². The van der Waals surface area contributed by atoms with Gasteiger partial charge < -0.3 is 4.74 Å². The number of rotatable bonds is 3. The van der Waals surface area contributed by atoms with Crippen LogP contribution in [0.3, 0.4) is 0 Å². The number of hydrogen-bond acceptors (Lipinski definition) is 4. The van der Waals surface area contributed by atoms with Crippen LogP contribution in [-0.4, -0.2) is 19.4 Å². The van der Waals surface area contributed by atoms with E-state index in [1.54, 1.807) is 18.2 Å². The van der Waals surface area contributed by atoms with Gasteiger partial charge in [-0.25, -0.2) is 4.79 Å². The molecule has 0 aromatic heterocycles. The van der Waals surface area contributed by atoms with Crippen molar-refractivity contribution in [2.45, 2.75) is 4.90 Å². The molecule has 0 heterocycles. The van der Waals surface area contributed by atoms with E-state index in [-0.39, 0.29) is 16.1 Å². The molecule has 0 aliphatic rings. The summed E-state index contributed by atoms with van der Waals surface area (Å²) in [5, 5.41) is 0.596. The monoisotopic (exact) mass is 340 g/mol. The minimum Gasteiger partial charge on any atom is -0.465 e. The van der Waals surface area contributed by atoms with Gasteiger partial charge in [-0.3, -0.25) is 4.79 Å². The number of benzene rings is 2. The second-order valence-corrected chi connectivity index (χ2v) is 5.49. The quantitative estimate of drug-likeness (QED) is 0.506. The predicted molar refractivity (Wildman–Crippen MR) is 85.9 cm³/mol. The Bertz CT molecular complexity index is 729. The maximum absolute atomic E-state index is 11.9. The molecular weight excluding hydrogens is 331 g/mol. The Labute approximate surface area is 137 Å². The Morgan fingerprint density at radius 3 is 2.57 bits per heavy atom. The molecule has 6 heteroatoms. The van der Waals surface area contributed by atoms with E-state index in [4.69, 9.17) is 27.9 Å². The third-order valence-electron chi connectivity index (χ3n) is 2.91. The van der Waals surface area contributed by atoms with Crippen molar-refractivity contribution in [3.8, 4) is 11.1 Å². The van der Waals surface area contributed by atoms with Gasteiger partial charge in [0, 0.05) is 26.6 Å². The molecule has 0 amide bonds. The minimum atomic E-state index is -0.538. The molecule has 2 rings (SSSR count). The molecule has 2 aromatic carbocycles. The first-order valence-corrected chi connectivity index (χ1v) is 7.04. The normalized spacial score (nSPS) is 10.3. The van der Waals surface area contributed by atoms with Gasteiger partial charge in [-0.15, -0.1) is 12.6 Å². The highest BCUT2D eigenvalue weighted by molar-refractivity contribution is 7.80. The molecule has 0 bridgehead atoms. The molecule has 0 saturated heterocycles. The highest BCUT2D eigenvalue weighted by Crippen LogP contribution is 2.39. The van der Waals surface area contributed by atoms with Crippen LogP contribution < -0.4 is 0 Å². The highest BCUT2D eigenvalue weighted by atomic mass is 35.5. The molecule has 2 aromatic rings. The first-order chi connectivity index (χ1) is 9.99. The van der Waals surface area contributed by atoms with Gasteiger partial charge in [0.25, 0.3) is 0 Å². The van der Waals surface area contributed by atoms with E-state index in [1.165, 1.54) is 19.2 Å². The Morgan fingerprint density at radius 1 is 1.24 bits per heavy atom. The fourth-order valence-corrected chi connectivity index (χ4v) is 2.96. The smallest absolute Gasteiger partial charge is 0.338 e. The number of carbonyl (C=O) groups excluding carboxylic acids is 2. The van der Waals surface area contributed by atoms with Crippen molar-refractivity contribution in [3.63, 3.8) is 0 Å². The minimum absolute atomic E-state index is 0.260. The summed E-state index contributed by atoms with van der Waals surface area (Å²) >= 11 is 16.5. The molecular formula is C15H10Cl2O3S. The largest absolute Gasteiger partial charge is 0.465 e. The van der Waals surface area contributed by atoms with E-state index in [0.29, 0.717) is 27.3 Å². The van der Waals surface area contributed by atoms with Crippen molar-refractivity contribution in [3.05, 3.63) is 51.5 Å². The molecule has 108 valence electrons. The van der Waals surface area contributed by atoms with E-state index < -0.39 is 5.97 Å². The SMILES string of the molecule is COC(=O)c1cccc(S)c1-c1c(Cl)cc(Cl)cc1C=O. The summed E-state index contributed by atoms with van der Waals surface area (Å²) < 4.78 is 4.76. The van der Waals surface area contributed by atoms with Crippen LogP contribution in [0.5, 0.6) is 0 Å². The number of carbonyl (C=O) groups is 2. The highest BCUT2D eigenvalue weighted by Gasteiger charge is 2.21. The average Bonchev–Trinajstić information content (AvgIpc) is 2.46. The topological polar surface area (TPSA) is 43.4 Å². The third kappa shape index (κ3) is 3.07. The number of thiol groups is 1. The van der Waals surface area contributed by atoms with Gasteiger partial charge in [-0.05, 0) is 24.3 Å². The maximum Gasteiger partial charge on any atom is 0.338 e. The summed E-state index contributed by atoms with van der Waals surface area (Å²) in [5.41, 5.74) is 1.40. The predicted octanol–water partition coefficient (Wildman–Crippen LogP) is 4.55. The van der Waals surface area contributed by atoms with Gasteiger partial charge in [0.15, 0.2) is 6.29 Å². The van der Waals surface area contributed by atoms with Crippen LogP contribution in [0.15, 0.2) is 35.2 Å². The van der Waals surface area contributed by atoms with E-state index in [9.17, 15) is 9.59 Å². The van der Waals surface area contributed by atoms with Crippen molar-refractivity contribution < 1.29 is 14.3 Å². The average molecular weight is 341 g/mol. The zero-order valence-corrected chi connectivity index (χ0v) is 13.3. The molecule has 0 N–H and O–H groups in total. The van der Waals surface area contributed by atoms with Crippen LogP contribution in [0.4, 0.5) is 0 Å². The molecule has 3 nitrogen and oxygen atoms in total. The Morgan fingerprint density at radius 2 is 1.95 bits per heavy atom. The molecule has 0 fully saturated rings. The number of halogens is 2. The molecule has 0 aliphatic heterocycles. The van der Waals surface area contributed by atoms with Crippen LogP contribution in [0.25, 0.3) is 11.1 Å². The lowest BCUT2D eigenvalue weighted by atomic mass is 9.95. The summed E-state index contributed by atoms with van der Waals surface area (Å²) in [6.45, 7) is 0. The van der Waals surface area contributed by atoms with Crippen LogP contribution >= 0.6 is 35.8 Å². The fourth-order valence-electron chi connectivity index (χ4n) is 2.03. The number of methoxy groups -OCH3 is 1. The van der Waals surface area contributed by atoms with Gasteiger partial charge >= 0.3 is 5.97 Å². The van der Waals surface area contributed by atoms with Gasteiger partial charge in [-0.2, -0.15) is 0 Å². The van der Waals surface area contributed by atoms with Crippen LogP contribution in [0, 0.1) is 0 Å². The summed E-state index contributed by atoms with van der Waals surface area (Å²) in [4.78, 5) is 23.7. The zero-order valence-electron chi connectivity index (χ0n) is 10.9. The second-order valence-electron chi connectivity index (χ2n) is 4.16. The summed E-state index contributed by atoms with van der Waals surface area (Å²) in [7, 11) is 1.28. The molecule has 0 unspecified atom stereocenters. The van der Waals surface area contributed by atoms with Crippen LogP contribution in [0.2, 0.25) is 10.0 Å². The zero-order chi connectivity index (χ0) is 15.6. The number of aldehydes is 1. The second kappa shape index (κ2) is 6.52. The van der Waals surface area contributed by atoms with E-state index in [0.717, 1.165) is 0 Å². The van der Waals surface area contributed by atoms with E-state index in [2.05, 4.69) is 12.6 Å². The maximum atomic E-state index is 11.9. The van der Waals surface area contributed by atoms with Crippen molar-refractivity contribution in [2.24, 2.45) is 0 Å². The first kappa shape index (κ1) is 15.9. The number of hydrogen-bond donors (Lipinski definition) is 1. The molecule has 0 aliphatic carbocycles. The Kier molecular flexibility index (Phi) is 4.93. The molecule has 21 heavy (non-hydrogen) atoms. The van der Waals surface area contributed by atoms with Crippen LogP contribution in [-0.2, 0) is 4.74 Å². The lowest BCUT2D eigenvalue weighted by Gasteiger charge is -2.14. The van der Waals surface area contributed by atoms with Gasteiger partial charge in [-0.1, -0.05) is 29.3 Å². The molecule has 0 saturated carbocycles. The van der Waals surface area contributed by atoms with E-state index in [1.807, 2.05) is 0 Å². The Balaban J connectivity index is 2.85. The first-order valence-electron chi connectivity index (χ1n) is 5.84. The van der Waals surface area contributed by atoms with Crippen molar-refractivity contribution in [2.75, 3.05) is 7.11 Å². The van der Waals surface area contributed by atoms with Gasteiger partial charge in [0.2, 0.25) is 0 Å². The summed E-state index contributed by atoms with van der Waals surface area (Å²) in [6, 6.07) is 7.94. The van der Waals surface area contributed by atoms with E-state index >= 15 is 0 Å². The van der Waals surface area contributed by atoms with Crippen molar-refractivity contribution in [1.29, 1.82) is 0 Å². The standard InChI is InChI=1S/C15H10Cl2O3S/c1-20-15(19)10-3-2-4-12(21)14(10)13-8(7-18)5-9(16)6-11(13)17/h2-7,21H,1H3. The number of esters is 1. The van der Waals surface area contributed by atoms with Crippen molar-refractivity contribution in [1.82, 2.24) is 0 Å². The van der Waals surface area contributed by atoms with Crippen LogP contribution in [0.1, 0.15) is 20.7 Å². The molecule has 0 spiro atoms. The summed E-state index contributed by atoms with van der Waals surface area (Å²) in [5.74, 6) is -0.538. The summed E-state index contributed by atoms with van der Waals surface area (Å²) in [6.07, 6.45) is 0.633. The Hall–Kier alpha value is -1.49. The van der Waals surface area contributed by atoms with Gasteiger partial charge in [0.1, 0.15) is 0 Å². The number of ether oxygens (including phenoxy) is 1. The molecule has 0 atom stereocenters. The third-order valence-corrected chi connectivity index (χ3v) is 3.80.